The van der Waals surface area contributed by atoms with Crippen LogP contribution in [0.3, 0.4) is 0 Å². The van der Waals surface area contributed by atoms with Crippen molar-refractivity contribution < 1.29 is 9.13 Å². The maximum atomic E-state index is 13.6. The van der Waals surface area contributed by atoms with E-state index < -0.39 is 0 Å². The lowest BCUT2D eigenvalue weighted by Crippen LogP contribution is -2.56. The smallest absolute Gasteiger partial charge is 0.126 e. The maximum absolute atomic E-state index is 13.6. The summed E-state index contributed by atoms with van der Waals surface area (Å²) in [5, 5.41) is 0. The van der Waals surface area contributed by atoms with Crippen molar-refractivity contribution >= 4 is 0 Å². The van der Waals surface area contributed by atoms with Crippen LogP contribution in [0.25, 0.3) is 0 Å². The highest BCUT2D eigenvalue weighted by Gasteiger charge is 2.37. The average molecular weight is 295 g/mol. The van der Waals surface area contributed by atoms with Gasteiger partial charge in [0.25, 0.3) is 0 Å². The molecule has 2 nitrogen and oxygen atoms in total. The highest BCUT2D eigenvalue weighted by Crippen LogP contribution is 2.29. The predicted molar refractivity (Wildman–Crippen MR) is 87.0 cm³/mol. The minimum Gasteiger partial charge on any atom is -0.367 e. The van der Waals surface area contributed by atoms with Crippen molar-refractivity contribution in [3.63, 3.8) is 0 Å². The molecule has 2 rings (SSSR count). The molecule has 0 aliphatic carbocycles. The van der Waals surface area contributed by atoms with E-state index in [4.69, 9.17) is 4.74 Å². The van der Waals surface area contributed by atoms with Crippen LogP contribution in [0.15, 0.2) is 18.2 Å². The summed E-state index contributed by atoms with van der Waals surface area (Å²) in [5.41, 5.74) is 1.40. The predicted octanol–water partition coefficient (Wildman–Crippen LogP) is 4.55. The van der Waals surface area contributed by atoms with E-state index in [-0.39, 0.29) is 17.0 Å². The van der Waals surface area contributed by atoms with Crippen LogP contribution >= 0.6 is 0 Å². The summed E-state index contributed by atoms with van der Waals surface area (Å²) < 4.78 is 19.7. The summed E-state index contributed by atoms with van der Waals surface area (Å²) in [6, 6.07) is 5.50. The van der Waals surface area contributed by atoms with Crippen LogP contribution in [0, 0.1) is 12.7 Å². The third-order valence-electron chi connectivity index (χ3n) is 3.40. The molecule has 1 fully saturated rings. The molecule has 21 heavy (non-hydrogen) atoms. The summed E-state index contributed by atoms with van der Waals surface area (Å²) in [5.74, 6) is -0.121. The second-order valence-electron chi connectivity index (χ2n) is 6.85. The molecule has 1 aromatic rings. The zero-order valence-corrected chi connectivity index (χ0v) is 14.6. The van der Waals surface area contributed by atoms with Crippen LogP contribution < -0.4 is 0 Å². The number of hydrogen-bond acceptors (Lipinski definition) is 2. The minimum atomic E-state index is -0.162. The standard InChI is InChI=1S/C16H24FNO.C2H6/c1-12-6-7-13(8-14(12)17)9-18-10-15(2,3)19-16(4,5)11-18;1-2/h6-8H,9-11H2,1-5H3;1-2H3. The molecule has 0 saturated carbocycles. The quantitative estimate of drug-likeness (QED) is 0.793. The fourth-order valence-electron chi connectivity index (χ4n) is 3.05. The molecule has 1 saturated heterocycles. The van der Waals surface area contributed by atoms with Crippen molar-refractivity contribution in [2.24, 2.45) is 0 Å². The normalized spacial score (nSPS) is 20.6. The lowest BCUT2D eigenvalue weighted by atomic mass is 9.98. The van der Waals surface area contributed by atoms with Gasteiger partial charge < -0.3 is 4.74 Å². The Hall–Kier alpha value is -0.930. The Morgan fingerprint density at radius 1 is 1.10 bits per heavy atom. The Morgan fingerprint density at radius 2 is 1.62 bits per heavy atom. The van der Waals surface area contributed by atoms with Crippen molar-refractivity contribution in [3.05, 3.63) is 35.1 Å². The highest BCUT2D eigenvalue weighted by atomic mass is 19.1. The van der Waals surface area contributed by atoms with E-state index in [1.54, 1.807) is 13.0 Å². The molecule has 0 bridgehead atoms. The van der Waals surface area contributed by atoms with Crippen molar-refractivity contribution in [3.8, 4) is 0 Å². The molecule has 0 N–H and O–H groups in total. The lowest BCUT2D eigenvalue weighted by molar-refractivity contribution is -0.182. The van der Waals surface area contributed by atoms with Crippen LogP contribution in [0.1, 0.15) is 52.7 Å². The summed E-state index contributed by atoms with van der Waals surface area (Å²) in [6.07, 6.45) is 0. The molecule has 3 heteroatoms. The fraction of sp³-hybridized carbons (Fsp3) is 0.667. The van der Waals surface area contributed by atoms with E-state index >= 15 is 0 Å². The largest absolute Gasteiger partial charge is 0.367 e. The topological polar surface area (TPSA) is 12.5 Å². The number of nitrogens with zero attached hydrogens (tertiary/aromatic N) is 1. The fourth-order valence-corrected chi connectivity index (χ4v) is 3.05. The van der Waals surface area contributed by atoms with Gasteiger partial charge in [-0.1, -0.05) is 26.0 Å². The Morgan fingerprint density at radius 3 is 2.10 bits per heavy atom. The van der Waals surface area contributed by atoms with E-state index in [0.717, 1.165) is 25.2 Å². The number of benzene rings is 1. The summed E-state index contributed by atoms with van der Waals surface area (Å²) >= 11 is 0. The first kappa shape index (κ1) is 18.1. The van der Waals surface area contributed by atoms with Gasteiger partial charge in [0.15, 0.2) is 0 Å². The van der Waals surface area contributed by atoms with Gasteiger partial charge in [0.2, 0.25) is 0 Å². The summed E-state index contributed by atoms with van der Waals surface area (Å²) in [4.78, 5) is 2.34. The Kier molecular flexibility index (Phi) is 5.94. The SMILES string of the molecule is CC.Cc1ccc(CN2CC(C)(C)OC(C)(C)C2)cc1F. The lowest BCUT2D eigenvalue weighted by Gasteiger charge is -2.47. The number of hydrogen-bond donors (Lipinski definition) is 0. The van der Waals surface area contributed by atoms with E-state index in [9.17, 15) is 4.39 Å². The van der Waals surface area contributed by atoms with Gasteiger partial charge in [0, 0.05) is 19.6 Å². The number of rotatable bonds is 2. The van der Waals surface area contributed by atoms with Gasteiger partial charge in [-0.25, -0.2) is 4.39 Å². The van der Waals surface area contributed by atoms with Crippen LogP contribution in [-0.2, 0) is 11.3 Å². The molecule has 0 radical (unpaired) electrons. The third kappa shape index (κ3) is 5.40. The molecule has 1 heterocycles. The van der Waals surface area contributed by atoms with E-state index in [2.05, 4.69) is 32.6 Å². The summed E-state index contributed by atoms with van der Waals surface area (Å²) in [6.45, 7) is 16.7. The molecule has 0 atom stereocenters. The first-order valence-electron chi connectivity index (χ1n) is 7.84. The minimum absolute atomic E-state index is 0.121. The van der Waals surface area contributed by atoms with Gasteiger partial charge in [-0.15, -0.1) is 0 Å². The summed E-state index contributed by atoms with van der Waals surface area (Å²) in [7, 11) is 0. The average Bonchev–Trinajstić information content (AvgIpc) is 2.32. The van der Waals surface area contributed by atoms with E-state index in [0.29, 0.717) is 5.56 Å². The second kappa shape index (κ2) is 6.89. The molecular formula is C18H30FNO. The zero-order chi connectivity index (χ0) is 16.3. The maximum Gasteiger partial charge on any atom is 0.126 e. The monoisotopic (exact) mass is 295 g/mol. The van der Waals surface area contributed by atoms with Crippen molar-refractivity contribution in [1.82, 2.24) is 4.90 Å². The van der Waals surface area contributed by atoms with Gasteiger partial charge in [0.05, 0.1) is 11.2 Å². The second-order valence-corrected chi connectivity index (χ2v) is 6.85. The molecule has 1 aromatic carbocycles. The third-order valence-corrected chi connectivity index (χ3v) is 3.40. The van der Waals surface area contributed by atoms with E-state index in [1.807, 2.05) is 26.0 Å². The van der Waals surface area contributed by atoms with Crippen molar-refractivity contribution in [2.45, 2.75) is 66.2 Å². The van der Waals surface area contributed by atoms with Gasteiger partial charge in [-0.3, -0.25) is 4.90 Å². The van der Waals surface area contributed by atoms with Gasteiger partial charge in [0.1, 0.15) is 5.82 Å². The van der Waals surface area contributed by atoms with Gasteiger partial charge in [-0.2, -0.15) is 0 Å². The first-order chi connectivity index (χ1) is 9.67. The molecule has 0 aromatic heterocycles. The van der Waals surface area contributed by atoms with Crippen LogP contribution in [0.5, 0.6) is 0 Å². The number of ether oxygens (including phenoxy) is 1. The molecule has 120 valence electrons. The Labute approximate surface area is 129 Å². The number of morpholine rings is 1. The molecule has 0 spiro atoms. The molecule has 1 aliphatic rings. The molecule has 0 amide bonds. The van der Waals surface area contributed by atoms with Gasteiger partial charge >= 0.3 is 0 Å². The molecule has 0 unspecified atom stereocenters. The zero-order valence-electron chi connectivity index (χ0n) is 14.6. The molecule has 1 aliphatic heterocycles. The first-order valence-corrected chi connectivity index (χ1v) is 7.84. The highest BCUT2D eigenvalue weighted by molar-refractivity contribution is 5.23. The molecular weight excluding hydrogens is 265 g/mol. The van der Waals surface area contributed by atoms with Crippen LogP contribution in [-0.4, -0.2) is 29.2 Å². The van der Waals surface area contributed by atoms with Crippen LogP contribution in [0.4, 0.5) is 4.39 Å². The number of halogens is 1. The Balaban J connectivity index is 0.00000106. The van der Waals surface area contributed by atoms with Gasteiger partial charge in [-0.05, 0) is 51.8 Å². The van der Waals surface area contributed by atoms with Crippen molar-refractivity contribution in [1.29, 1.82) is 0 Å². The van der Waals surface area contributed by atoms with Crippen LogP contribution in [0.2, 0.25) is 0 Å². The number of aryl methyl sites for hydroxylation is 1. The van der Waals surface area contributed by atoms with E-state index in [1.165, 1.54) is 0 Å². The Bertz CT molecular complexity index is 452. The van der Waals surface area contributed by atoms with Crippen molar-refractivity contribution in [2.75, 3.05) is 13.1 Å².